The number of esters is 4. The van der Waals surface area contributed by atoms with Crippen LogP contribution in [0, 0.1) is 11.8 Å². The number of primary amides is 1. The monoisotopic (exact) mass is 839 g/mol. The van der Waals surface area contributed by atoms with E-state index in [4.69, 9.17) is 34.2 Å². The number of carbonyl (C=O) groups is 6. The first-order valence-corrected chi connectivity index (χ1v) is 18.8. The normalized spacial score (nSPS) is 9.87. The SMILES string of the molecule is C=CC(=O)OCCCOc1ccc(C(=O)Oc2cc(C(=O)O)c(OC(=O)c3ccc(OCCCOC(=O)C=C)cc3)cc2C#Cc2ccccc2)cc1.NC(=O)c1ccccc1. The van der Waals surface area contributed by atoms with E-state index in [1.165, 1.54) is 42.5 Å². The molecule has 0 spiro atoms. The molecule has 14 nitrogen and oxygen atoms in total. The van der Waals surface area contributed by atoms with Gasteiger partial charge < -0.3 is 39.3 Å². The van der Waals surface area contributed by atoms with Gasteiger partial charge in [0.05, 0.1) is 43.1 Å². The van der Waals surface area contributed by atoms with Gasteiger partial charge >= 0.3 is 29.8 Å². The van der Waals surface area contributed by atoms with Gasteiger partial charge in [-0.25, -0.2) is 24.0 Å². The molecule has 0 aliphatic rings. The maximum absolute atomic E-state index is 13.2. The number of ether oxygens (including phenoxy) is 6. The second-order valence-corrected chi connectivity index (χ2v) is 12.5. The molecule has 0 fully saturated rings. The van der Waals surface area contributed by atoms with Gasteiger partial charge in [0.1, 0.15) is 28.6 Å². The summed E-state index contributed by atoms with van der Waals surface area (Å²) in [5.41, 5.74) is 6.01. The summed E-state index contributed by atoms with van der Waals surface area (Å²) in [6.07, 6.45) is 3.01. The van der Waals surface area contributed by atoms with Crippen molar-refractivity contribution in [3.8, 4) is 34.8 Å². The summed E-state index contributed by atoms with van der Waals surface area (Å²) in [4.78, 5) is 71.4. The first-order valence-electron chi connectivity index (χ1n) is 18.8. The van der Waals surface area contributed by atoms with Crippen LogP contribution in [-0.4, -0.2) is 67.3 Å². The van der Waals surface area contributed by atoms with Crippen LogP contribution in [0.3, 0.4) is 0 Å². The molecule has 0 aliphatic carbocycles. The zero-order valence-corrected chi connectivity index (χ0v) is 33.3. The highest BCUT2D eigenvalue weighted by Gasteiger charge is 2.22. The van der Waals surface area contributed by atoms with Gasteiger partial charge in [-0.1, -0.05) is 61.4 Å². The Hall–Kier alpha value is -8.44. The minimum atomic E-state index is -1.45. The molecule has 0 heterocycles. The fourth-order valence-electron chi connectivity index (χ4n) is 4.91. The Morgan fingerprint density at radius 2 is 1.03 bits per heavy atom. The molecular weight excluding hydrogens is 799 g/mol. The number of aromatic carboxylic acids is 1. The number of carboxylic acid groups (broad SMARTS) is 1. The zero-order chi connectivity index (χ0) is 44.7. The maximum atomic E-state index is 13.2. The van der Waals surface area contributed by atoms with Gasteiger partial charge in [0.15, 0.2) is 0 Å². The molecule has 0 aliphatic heterocycles. The first-order chi connectivity index (χ1) is 30.0. The van der Waals surface area contributed by atoms with Crippen LogP contribution in [-0.2, 0) is 19.1 Å². The van der Waals surface area contributed by atoms with Gasteiger partial charge in [-0.3, -0.25) is 4.79 Å². The van der Waals surface area contributed by atoms with Crippen molar-refractivity contribution in [2.75, 3.05) is 26.4 Å². The molecule has 0 bridgehead atoms. The van der Waals surface area contributed by atoms with Gasteiger partial charge in [-0.2, -0.15) is 0 Å². The molecule has 0 atom stereocenters. The molecule has 5 aromatic carbocycles. The average Bonchev–Trinajstić information content (AvgIpc) is 3.29. The van der Waals surface area contributed by atoms with Crippen LogP contribution in [0.4, 0.5) is 0 Å². The molecule has 0 unspecified atom stereocenters. The van der Waals surface area contributed by atoms with E-state index in [1.54, 1.807) is 60.7 Å². The number of hydrogen-bond donors (Lipinski definition) is 2. The number of amides is 1. The fraction of sp³-hybridized carbons (Fsp3) is 0.125. The predicted octanol–water partition coefficient (Wildman–Crippen LogP) is 7.00. The van der Waals surface area contributed by atoms with Crippen LogP contribution in [0.15, 0.2) is 147 Å². The zero-order valence-electron chi connectivity index (χ0n) is 33.3. The van der Waals surface area contributed by atoms with E-state index in [-0.39, 0.29) is 60.5 Å². The minimum Gasteiger partial charge on any atom is -0.493 e. The number of carboxylic acids is 1. The molecular formula is C48H41NO13. The number of carbonyl (C=O) groups excluding carboxylic acids is 5. The average molecular weight is 840 g/mol. The minimum absolute atomic E-state index is 0.0784. The first kappa shape index (κ1) is 46.3. The van der Waals surface area contributed by atoms with E-state index in [0.717, 1.165) is 18.2 Å². The molecule has 0 saturated heterocycles. The largest absolute Gasteiger partial charge is 0.493 e. The van der Waals surface area contributed by atoms with Crippen LogP contribution in [0.25, 0.3) is 0 Å². The van der Waals surface area contributed by atoms with Crippen molar-refractivity contribution in [3.63, 3.8) is 0 Å². The molecule has 62 heavy (non-hydrogen) atoms. The van der Waals surface area contributed by atoms with Crippen molar-refractivity contribution in [3.05, 3.63) is 180 Å². The highest BCUT2D eigenvalue weighted by Crippen LogP contribution is 2.31. The molecule has 3 N–H and O–H groups in total. The lowest BCUT2D eigenvalue weighted by Gasteiger charge is -2.13. The maximum Gasteiger partial charge on any atom is 0.343 e. The van der Waals surface area contributed by atoms with E-state index in [9.17, 15) is 33.9 Å². The molecule has 0 aromatic heterocycles. The summed E-state index contributed by atoms with van der Waals surface area (Å²) < 4.78 is 32.2. The van der Waals surface area contributed by atoms with E-state index in [1.807, 2.05) is 12.1 Å². The van der Waals surface area contributed by atoms with Crippen molar-refractivity contribution < 1.29 is 62.3 Å². The number of nitrogens with two attached hydrogens (primary N) is 1. The van der Waals surface area contributed by atoms with Gasteiger partial charge in [-0.15, -0.1) is 0 Å². The van der Waals surface area contributed by atoms with Gasteiger partial charge in [0.2, 0.25) is 5.91 Å². The van der Waals surface area contributed by atoms with Crippen molar-refractivity contribution in [2.45, 2.75) is 12.8 Å². The summed E-state index contributed by atoms with van der Waals surface area (Å²) in [5, 5.41) is 10.0. The number of hydrogen-bond acceptors (Lipinski definition) is 12. The van der Waals surface area contributed by atoms with E-state index in [2.05, 4.69) is 25.0 Å². The lowest BCUT2D eigenvalue weighted by molar-refractivity contribution is -0.138. The molecule has 1 amide bonds. The lowest BCUT2D eigenvalue weighted by atomic mass is 10.1. The van der Waals surface area contributed by atoms with Crippen molar-refractivity contribution >= 4 is 35.8 Å². The van der Waals surface area contributed by atoms with Crippen LogP contribution in [0.5, 0.6) is 23.0 Å². The Labute approximate surface area is 357 Å². The summed E-state index contributed by atoms with van der Waals surface area (Å²) in [6.45, 7) is 7.46. The third kappa shape index (κ3) is 15.4. The van der Waals surface area contributed by atoms with E-state index in [0.29, 0.717) is 35.5 Å². The van der Waals surface area contributed by atoms with Gasteiger partial charge in [-0.05, 0) is 72.8 Å². The summed E-state index contributed by atoms with van der Waals surface area (Å²) in [7, 11) is 0. The van der Waals surface area contributed by atoms with Crippen molar-refractivity contribution in [1.82, 2.24) is 0 Å². The van der Waals surface area contributed by atoms with Crippen LogP contribution in [0.2, 0.25) is 0 Å². The smallest absolute Gasteiger partial charge is 0.343 e. The molecule has 14 heteroatoms. The van der Waals surface area contributed by atoms with Gasteiger partial charge in [0, 0.05) is 48.3 Å². The molecule has 5 aromatic rings. The molecule has 5 rings (SSSR count). The third-order valence-electron chi connectivity index (χ3n) is 8.01. The standard InChI is InChI=1S/C41H34O12.C7H7NO/c1-3-37(42)50-24-8-22-48-32-18-14-29(15-19-32)40(46)52-35-27-34(39(44)45)36(26-31(35)13-12-28-10-6-5-7-11-28)53-41(47)30-16-20-33(21-17-30)49-23-9-25-51-38(43)4-2;8-7(9)6-4-2-1-3-5-6/h3-7,10-11,14-21,26-27H,1-2,8-9,22-25H2,(H,44,45);1-5H,(H2,8,9). The predicted molar refractivity (Wildman–Crippen MR) is 226 cm³/mol. The van der Waals surface area contributed by atoms with Crippen LogP contribution >= 0.6 is 0 Å². The van der Waals surface area contributed by atoms with Crippen LogP contribution < -0.4 is 24.7 Å². The van der Waals surface area contributed by atoms with Gasteiger partial charge in [0.25, 0.3) is 0 Å². The van der Waals surface area contributed by atoms with Crippen molar-refractivity contribution in [2.24, 2.45) is 5.73 Å². The van der Waals surface area contributed by atoms with E-state index < -0.39 is 35.4 Å². The Morgan fingerprint density at radius 1 is 0.565 bits per heavy atom. The highest BCUT2D eigenvalue weighted by atomic mass is 16.6. The highest BCUT2D eigenvalue weighted by molar-refractivity contribution is 5.97. The topological polar surface area (TPSA) is 204 Å². The Kier molecular flexibility index (Phi) is 18.3. The Morgan fingerprint density at radius 3 is 1.47 bits per heavy atom. The second-order valence-electron chi connectivity index (χ2n) is 12.5. The Bertz CT molecular complexity index is 2420. The lowest BCUT2D eigenvalue weighted by Crippen LogP contribution is -2.14. The van der Waals surface area contributed by atoms with Crippen LogP contribution in [0.1, 0.15) is 65.4 Å². The van der Waals surface area contributed by atoms with E-state index >= 15 is 0 Å². The molecule has 0 saturated carbocycles. The molecule has 316 valence electrons. The fourth-order valence-corrected chi connectivity index (χ4v) is 4.91. The quantitative estimate of drug-likeness (QED) is 0.0300. The second kappa shape index (κ2) is 24.5. The molecule has 0 radical (unpaired) electrons. The Balaban J connectivity index is 0.000000831. The number of benzene rings is 5. The summed E-state index contributed by atoms with van der Waals surface area (Å²) in [5.74, 6) is 1.67. The van der Waals surface area contributed by atoms with Crippen molar-refractivity contribution in [1.29, 1.82) is 0 Å². The number of rotatable bonds is 18. The summed E-state index contributed by atoms with van der Waals surface area (Å²) >= 11 is 0. The summed E-state index contributed by atoms with van der Waals surface area (Å²) in [6, 6.07) is 32.0. The third-order valence-corrected chi connectivity index (χ3v) is 8.01.